The molecule has 0 aliphatic carbocycles. The minimum absolute atomic E-state index is 0.153. The second kappa shape index (κ2) is 5.07. The van der Waals surface area contributed by atoms with Crippen molar-refractivity contribution in [2.45, 2.75) is 4.90 Å². The Kier molecular flexibility index (Phi) is 3.50. The van der Waals surface area contributed by atoms with Gasteiger partial charge in [-0.05, 0) is 36.4 Å². The maximum atomic E-state index is 11.9. The molecule has 0 saturated heterocycles. The van der Waals surface area contributed by atoms with E-state index in [1.165, 1.54) is 24.3 Å². The molecular formula is C12H13N3O2S. The minimum Gasteiger partial charge on any atom is -0.399 e. The van der Waals surface area contributed by atoms with Crippen LogP contribution in [0.2, 0.25) is 0 Å². The molecule has 0 aliphatic heterocycles. The van der Waals surface area contributed by atoms with Crippen LogP contribution in [0.5, 0.6) is 0 Å². The van der Waals surface area contributed by atoms with Crippen molar-refractivity contribution in [2.75, 3.05) is 11.2 Å². The van der Waals surface area contributed by atoms with E-state index in [1.807, 2.05) is 6.07 Å². The van der Waals surface area contributed by atoms with Crippen LogP contribution in [-0.2, 0) is 10.0 Å². The maximum absolute atomic E-state index is 11.9. The van der Waals surface area contributed by atoms with E-state index in [-0.39, 0.29) is 4.90 Å². The Hall–Kier alpha value is -2.05. The van der Waals surface area contributed by atoms with Gasteiger partial charge in [-0.25, -0.2) is 8.42 Å². The highest BCUT2D eigenvalue weighted by Gasteiger charge is 2.12. The molecule has 4 N–H and O–H groups in total. The van der Waals surface area contributed by atoms with Crippen molar-refractivity contribution in [3.05, 3.63) is 54.6 Å². The number of sulfonamides is 1. The quantitative estimate of drug-likeness (QED) is 0.577. The Morgan fingerprint density at radius 1 is 0.889 bits per heavy atom. The van der Waals surface area contributed by atoms with Crippen LogP contribution in [0.25, 0.3) is 0 Å². The van der Waals surface area contributed by atoms with Crippen LogP contribution in [0.3, 0.4) is 0 Å². The fourth-order valence-electron chi connectivity index (χ4n) is 1.35. The van der Waals surface area contributed by atoms with E-state index >= 15 is 0 Å². The summed E-state index contributed by atoms with van der Waals surface area (Å²) in [6, 6.07) is 14.9. The Labute approximate surface area is 106 Å². The molecule has 0 amide bonds. The molecular weight excluding hydrogens is 250 g/mol. The number of hydrogen-bond acceptors (Lipinski definition) is 4. The third-order valence-corrected chi connectivity index (χ3v) is 3.56. The van der Waals surface area contributed by atoms with Crippen LogP contribution >= 0.6 is 0 Å². The number of nitrogens with one attached hydrogen (secondary N) is 2. The summed E-state index contributed by atoms with van der Waals surface area (Å²) in [4.78, 5) is 2.45. The fourth-order valence-corrected chi connectivity index (χ4v) is 2.22. The topological polar surface area (TPSA) is 84.2 Å². The molecule has 0 radical (unpaired) electrons. The molecule has 0 unspecified atom stereocenters. The lowest BCUT2D eigenvalue weighted by Gasteiger charge is -2.09. The SMILES string of the molecule is Nc1ccc(S(=O)(=O)NNc2ccccc2)cc1. The first-order valence-corrected chi connectivity index (χ1v) is 6.75. The molecule has 0 aromatic heterocycles. The maximum Gasteiger partial charge on any atom is 0.257 e. The summed E-state index contributed by atoms with van der Waals surface area (Å²) in [6.45, 7) is 0. The highest BCUT2D eigenvalue weighted by atomic mass is 32.2. The summed E-state index contributed by atoms with van der Waals surface area (Å²) >= 11 is 0. The van der Waals surface area contributed by atoms with E-state index in [2.05, 4.69) is 10.3 Å². The molecule has 2 aromatic carbocycles. The van der Waals surface area contributed by atoms with Crippen molar-refractivity contribution in [1.82, 2.24) is 4.83 Å². The lowest BCUT2D eigenvalue weighted by atomic mass is 10.3. The second-order valence-corrected chi connectivity index (χ2v) is 5.35. The largest absolute Gasteiger partial charge is 0.399 e. The van der Waals surface area contributed by atoms with Gasteiger partial charge in [-0.3, -0.25) is 0 Å². The van der Waals surface area contributed by atoms with E-state index in [0.717, 1.165) is 0 Å². The van der Waals surface area contributed by atoms with Crippen molar-refractivity contribution in [1.29, 1.82) is 0 Å². The van der Waals surface area contributed by atoms with Gasteiger partial charge < -0.3 is 11.2 Å². The number of rotatable bonds is 4. The Bertz CT molecular complexity index is 610. The Balaban J connectivity index is 2.11. The molecule has 5 nitrogen and oxygen atoms in total. The number of anilines is 2. The van der Waals surface area contributed by atoms with Gasteiger partial charge in [-0.15, -0.1) is 4.83 Å². The van der Waals surface area contributed by atoms with Crippen LogP contribution < -0.4 is 16.0 Å². The molecule has 0 aliphatic rings. The van der Waals surface area contributed by atoms with Gasteiger partial charge in [0.15, 0.2) is 0 Å². The molecule has 94 valence electrons. The first-order chi connectivity index (χ1) is 8.58. The fraction of sp³-hybridized carbons (Fsp3) is 0. The normalized spacial score (nSPS) is 11.1. The Morgan fingerprint density at radius 3 is 2.11 bits per heavy atom. The zero-order valence-corrected chi connectivity index (χ0v) is 10.3. The first kappa shape index (κ1) is 12.4. The number of hydrogen-bond donors (Lipinski definition) is 3. The van der Waals surface area contributed by atoms with Gasteiger partial charge in [-0.2, -0.15) is 0 Å². The average molecular weight is 263 g/mol. The molecule has 18 heavy (non-hydrogen) atoms. The number of nitrogen functional groups attached to an aromatic ring is 1. The number of para-hydroxylation sites is 1. The van der Waals surface area contributed by atoms with Gasteiger partial charge >= 0.3 is 0 Å². The summed E-state index contributed by atoms with van der Waals surface area (Å²) in [5.41, 5.74) is 9.31. The van der Waals surface area contributed by atoms with Gasteiger partial charge in [0.1, 0.15) is 0 Å². The standard InChI is InChI=1S/C12H13N3O2S/c13-10-6-8-12(9-7-10)18(16,17)15-14-11-4-2-1-3-5-11/h1-9,14-15H,13H2. The molecule has 0 bridgehead atoms. The summed E-state index contributed by atoms with van der Waals surface area (Å²) in [6.07, 6.45) is 0. The highest BCUT2D eigenvalue weighted by molar-refractivity contribution is 7.89. The number of hydrazine groups is 1. The lowest BCUT2D eigenvalue weighted by molar-refractivity contribution is 0.588. The van der Waals surface area contributed by atoms with Crippen molar-refractivity contribution in [2.24, 2.45) is 0 Å². The smallest absolute Gasteiger partial charge is 0.257 e. The molecule has 6 heteroatoms. The van der Waals surface area contributed by atoms with E-state index in [4.69, 9.17) is 5.73 Å². The van der Waals surface area contributed by atoms with Crippen molar-refractivity contribution in [3.63, 3.8) is 0 Å². The van der Waals surface area contributed by atoms with Crippen LogP contribution in [0.4, 0.5) is 11.4 Å². The van der Waals surface area contributed by atoms with Gasteiger partial charge in [0.2, 0.25) is 0 Å². The summed E-state index contributed by atoms with van der Waals surface area (Å²) in [7, 11) is -3.59. The predicted molar refractivity (Wildman–Crippen MR) is 71.2 cm³/mol. The zero-order valence-electron chi connectivity index (χ0n) is 9.50. The van der Waals surface area contributed by atoms with E-state index in [9.17, 15) is 8.42 Å². The predicted octanol–water partition coefficient (Wildman–Crippen LogP) is 1.57. The molecule has 0 fully saturated rings. The molecule has 0 heterocycles. The minimum atomic E-state index is -3.59. The summed E-state index contributed by atoms with van der Waals surface area (Å²) in [5.74, 6) is 0. The zero-order chi connectivity index (χ0) is 13.0. The van der Waals surface area contributed by atoms with Gasteiger partial charge in [-0.1, -0.05) is 18.2 Å². The van der Waals surface area contributed by atoms with Crippen molar-refractivity contribution in [3.8, 4) is 0 Å². The Morgan fingerprint density at radius 2 is 1.50 bits per heavy atom. The summed E-state index contributed by atoms with van der Waals surface area (Å²) < 4.78 is 23.8. The van der Waals surface area contributed by atoms with Gasteiger partial charge in [0.25, 0.3) is 10.0 Å². The van der Waals surface area contributed by atoms with Crippen molar-refractivity contribution < 1.29 is 8.42 Å². The third-order valence-electron chi connectivity index (χ3n) is 2.29. The molecule has 0 atom stereocenters. The van der Waals surface area contributed by atoms with E-state index < -0.39 is 10.0 Å². The van der Waals surface area contributed by atoms with E-state index in [0.29, 0.717) is 11.4 Å². The molecule has 2 aromatic rings. The summed E-state index contributed by atoms with van der Waals surface area (Å²) in [5, 5.41) is 0. The van der Waals surface area contributed by atoms with Crippen LogP contribution in [0, 0.1) is 0 Å². The van der Waals surface area contributed by atoms with Crippen LogP contribution in [0.15, 0.2) is 59.5 Å². The average Bonchev–Trinajstić information content (AvgIpc) is 2.38. The van der Waals surface area contributed by atoms with Crippen molar-refractivity contribution >= 4 is 21.4 Å². The third kappa shape index (κ3) is 2.99. The monoisotopic (exact) mass is 263 g/mol. The number of nitrogens with two attached hydrogens (primary N) is 1. The van der Waals surface area contributed by atoms with Gasteiger partial charge in [0, 0.05) is 11.4 Å². The molecule has 2 rings (SSSR count). The van der Waals surface area contributed by atoms with Gasteiger partial charge in [0.05, 0.1) is 4.90 Å². The number of benzene rings is 2. The molecule has 0 saturated carbocycles. The lowest BCUT2D eigenvalue weighted by Crippen LogP contribution is -2.29. The first-order valence-electron chi connectivity index (χ1n) is 5.26. The molecule has 0 spiro atoms. The van der Waals surface area contributed by atoms with Crippen LogP contribution in [-0.4, -0.2) is 8.42 Å². The van der Waals surface area contributed by atoms with E-state index in [1.54, 1.807) is 24.3 Å². The highest BCUT2D eigenvalue weighted by Crippen LogP contribution is 2.12. The van der Waals surface area contributed by atoms with Crippen LogP contribution in [0.1, 0.15) is 0 Å². The second-order valence-electron chi connectivity index (χ2n) is 3.67.